The molecule has 8 nitrogen and oxygen atoms in total. The topological polar surface area (TPSA) is 85.9 Å². The third-order valence-corrected chi connectivity index (χ3v) is 6.28. The minimum atomic E-state index is 0.635. The Hall–Kier alpha value is -3.04. The zero-order chi connectivity index (χ0) is 20.3. The molecule has 5 rings (SSSR count). The number of pyridine rings is 2. The largest absolute Gasteiger partial charge is 0.370 e. The van der Waals surface area contributed by atoms with Crippen molar-refractivity contribution in [2.24, 2.45) is 0 Å². The fraction of sp³-hybridized carbons (Fsp3) is 0.333. The molecule has 1 saturated heterocycles. The van der Waals surface area contributed by atoms with Crippen LogP contribution in [0.2, 0.25) is 0 Å². The fourth-order valence-electron chi connectivity index (χ4n) is 3.67. The number of aromatic nitrogens is 5. The third-order valence-electron chi connectivity index (χ3n) is 5.36. The van der Waals surface area contributed by atoms with E-state index in [0.717, 1.165) is 58.6 Å². The van der Waals surface area contributed by atoms with Gasteiger partial charge in [0.1, 0.15) is 10.3 Å². The Kier molecular flexibility index (Phi) is 5.29. The minimum Gasteiger partial charge on any atom is -0.370 e. The highest BCUT2D eigenvalue weighted by Gasteiger charge is 2.13. The minimum absolute atomic E-state index is 0.635. The van der Waals surface area contributed by atoms with Crippen molar-refractivity contribution in [2.75, 3.05) is 43.4 Å². The van der Waals surface area contributed by atoms with Crippen molar-refractivity contribution in [2.45, 2.75) is 13.0 Å². The van der Waals surface area contributed by atoms with E-state index in [9.17, 15) is 0 Å². The Morgan fingerprint density at radius 1 is 1.13 bits per heavy atom. The zero-order valence-electron chi connectivity index (χ0n) is 16.9. The van der Waals surface area contributed by atoms with Gasteiger partial charge in [-0.05, 0) is 44.3 Å². The van der Waals surface area contributed by atoms with E-state index >= 15 is 0 Å². The van der Waals surface area contributed by atoms with Crippen LogP contribution in [0, 0.1) is 0 Å². The number of likely N-dealkylation sites (N-methyl/N-ethyl adjacent to an activating group) is 1. The van der Waals surface area contributed by atoms with Crippen molar-refractivity contribution >= 4 is 32.5 Å². The monoisotopic (exact) mass is 420 g/mol. The van der Waals surface area contributed by atoms with Crippen LogP contribution in [0.15, 0.2) is 42.9 Å². The quantitative estimate of drug-likeness (QED) is 0.513. The SMILES string of the molecule is CN1CCCN(c2ccnc(CNc3nc4ccc(-c5cn[nH]c5)nc4s3)c2)CC1. The van der Waals surface area contributed by atoms with Crippen molar-refractivity contribution in [1.82, 2.24) is 30.0 Å². The molecular weight excluding hydrogens is 396 g/mol. The number of anilines is 2. The van der Waals surface area contributed by atoms with Gasteiger partial charge >= 0.3 is 0 Å². The number of nitrogens with one attached hydrogen (secondary N) is 2. The fourth-order valence-corrected chi connectivity index (χ4v) is 4.51. The average molecular weight is 421 g/mol. The smallest absolute Gasteiger partial charge is 0.185 e. The van der Waals surface area contributed by atoms with Crippen LogP contribution in [0.25, 0.3) is 21.6 Å². The van der Waals surface area contributed by atoms with E-state index < -0.39 is 0 Å². The van der Waals surface area contributed by atoms with Crippen LogP contribution in [0.1, 0.15) is 12.1 Å². The number of rotatable bonds is 5. The zero-order valence-corrected chi connectivity index (χ0v) is 17.7. The lowest BCUT2D eigenvalue weighted by atomic mass is 10.2. The summed E-state index contributed by atoms with van der Waals surface area (Å²) in [6, 6.07) is 8.26. The van der Waals surface area contributed by atoms with Crippen molar-refractivity contribution in [3.05, 3.63) is 48.5 Å². The standard InChI is InChI=1S/C21H24N8S/c1-28-7-2-8-29(10-9-28)17-5-6-22-16(11-17)14-23-21-27-19-4-3-18(26-20(19)30-21)15-12-24-25-13-15/h3-6,11-13H,2,7-10,14H2,1H3,(H,23,27)(H,24,25). The Labute approximate surface area is 179 Å². The maximum atomic E-state index is 4.71. The van der Waals surface area contributed by atoms with Crippen LogP contribution in [-0.4, -0.2) is 63.3 Å². The molecule has 0 spiro atoms. The van der Waals surface area contributed by atoms with Gasteiger partial charge in [-0.3, -0.25) is 10.1 Å². The van der Waals surface area contributed by atoms with Crippen LogP contribution < -0.4 is 10.2 Å². The first-order chi connectivity index (χ1) is 14.7. The molecule has 2 N–H and O–H groups in total. The number of fused-ring (bicyclic) bond motifs is 1. The average Bonchev–Trinajstić information content (AvgIpc) is 3.39. The number of thiazole rings is 1. The number of hydrogen-bond donors (Lipinski definition) is 2. The van der Waals surface area contributed by atoms with E-state index in [2.05, 4.69) is 54.5 Å². The van der Waals surface area contributed by atoms with E-state index in [4.69, 9.17) is 4.98 Å². The van der Waals surface area contributed by atoms with E-state index in [1.807, 2.05) is 24.5 Å². The first kappa shape index (κ1) is 19.0. The Balaban J connectivity index is 1.28. The molecule has 0 saturated carbocycles. The summed E-state index contributed by atoms with van der Waals surface area (Å²) in [6.07, 6.45) is 6.70. The van der Waals surface area contributed by atoms with Crippen LogP contribution in [0.3, 0.4) is 0 Å². The molecule has 9 heteroatoms. The number of nitrogens with zero attached hydrogens (tertiary/aromatic N) is 6. The molecular formula is C21H24N8S. The number of H-pyrrole nitrogens is 1. The molecule has 0 aromatic carbocycles. The lowest BCUT2D eigenvalue weighted by Gasteiger charge is -2.23. The molecule has 1 aliphatic rings. The van der Waals surface area contributed by atoms with Gasteiger partial charge in [0.2, 0.25) is 0 Å². The normalized spacial score (nSPS) is 15.4. The molecule has 4 aromatic rings. The molecule has 154 valence electrons. The van der Waals surface area contributed by atoms with Crippen molar-refractivity contribution in [3.63, 3.8) is 0 Å². The van der Waals surface area contributed by atoms with Crippen molar-refractivity contribution in [1.29, 1.82) is 0 Å². The van der Waals surface area contributed by atoms with Gasteiger partial charge in [-0.25, -0.2) is 9.97 Å². The first-order valence-electron chi connectivity index (χ1n) is 10.1. The number of hydrogen-bond acceptors (Lipinski definition) is 8. The highest BCUT2D eigenvalue weighted by molar-refractivity contribution is 7.21. The van der Waals surface area contributed by atoms with E-state index in [-0.39, 0.29) is 0 Å². The summed E-state index contributed by atoms with van der Waals surface area (Å²) < 4.78 is 0. The molecule has 5 heterocycles. The van der Waals surface area contributed by atoms with E-state index in [0.29, 0.717) is 6.54 Å². The van der Waals surface area contributed by atoms with Crippen LogP contribution >= 0.6 is 11.3 Å². The Morgan fingerprint density at radius 3 is 3.00 bits per heavy atom. The van der Waals surface area contributed by atoms with Crippen LogP contribution in [0.4, 0.5) is 10.8 Å². The van der Waals surface area contributed by atoms with E-state index in [1.54, 1.807) is 17.5 Å². The second kappa shape index (κ2) is 8.37. The summed E-state index contributed by atoms with van der Waals surface area (Å²) >= 11 is 1.56. The second-order valence-corrected chi connectivity index (χ2v) is 8.51. The summed E-state index contributed by atoms with van der Waals surface area (Å²) in [5.74, 6) is 0. The molecule has 1 fully saturated rings. The van der Waals surface area contributed by atoms with Crippen molar-refractivity contribution < 1.29 is 0 Å². The van der Waals surface area contributed by atoms with Gasteiger partial charge in [-0.15, -0.1) is 0 Å². The summed E-state index contributed by atoms with van der Waals surface area (Å²) in [7, 11) is 2.19. The highest BCUT2D eigenvalue weighted by atomic mass is 32.1. The molecule has 0 unspecified atom stereocenters. The molecule has 4 aromatic heterocycles. The summed E-state index contributed by atoms with van der Waals surface area (Å²) in [5, 5.41) is 11.1. The lowest BCUT2D eigenvalue weighted by molar-refractivity contribution is 0.360. The summed E-state index contributed by atoms with van der Waals surface area (Å²) in [4.78, 5) is 19.7. The lowest BCUT2D eigenvalue weighted by Crippen LogP contribution is -2.28. The van der Waals surface area contributed by atoms with E-state index in [1.165, 1.54) is 12.1 Å². The molecule has 0 radical (unpaired) electrons. The molecule has 0 atom stereocenters. The summed E-state index contributed by atoms with van der Waals surface area (Å²) in [5.41, 5.74) is 5.01. The molecule has 1 aliphatic heterocycles. The Bertz CT molecular complexity index is 1120. The molecule has 0 aliphatic carbocycles. The Morgan fingerprint density at radius 2 is 2.10 bits per heavy atom. The maximum absolute atomic E-state index is 4.71. The van der Waals surface area contributed by atoms with Crippen LogP contribution in [-0.2, 0) is 6.54 Å². The van der Waals surface area contributed by atoms with Gasteiger partial charge in [0, 0.05) is 43.3 Å². The van der Waals surface area contributed by atoms with Gasteiger partial charge in [0.05, 0.1) is 24.1 Å². The predicted molar refractivity (Wildman–Crippen MR) is 121 cm³/mol. The van der Waals surface area contributed by atoms with Gasteiger partial charge in [-0.2, -0.15) is 5.10 Å². The third kappa shape index (κ3) is 4.12. The second-order valence-electron chi connectivity index (χ2n) is 7.53. The first-order valence-corrected chi connectivity index (χ1v) is 11.0. The number of aromatic amines is 1. The molecule has 30 heavy (non-hydrogen) atoms. The van der Waals surface area contributed by atoms with Gasteiger partial charge in [0.15, 0.2) is 5.13 Å². The van der Waals surface area contributed by atoms with Gasteiger partial charge in [0.25, 0.3) is 0 Å². The van der Waals surface area contributed by atoms with Crippen molar-refractivity contribution in [3.8, 4) is 11.3 Å². The predicted octanol–water partition coefficient (Wildman–Crippen LogP) is 3.23. The van der Waals surface area contributed by atoms with Gasteiger partial charge in [-0.1, -0.05) is 11.3 Å². The summed E-state index contributed by atoms with van der Waals surface area (Å²) in [6.45, 7) is 5.02. The van der Waals surface area contributed by atoms with Crippen LogP contribution in [0.5, 0.6) is 0 Å². The maximum Gasteiger partial charge on any atom is 0.185 e. The molecule has 0 bridgehead atoms. The van der Waals surface area contributed by atoms with Gasteiger partial charge < -0.3 is 15.1 Å². The molecule has 0 amide bonds. The highest BCUT2D eigenvalue weighted by Crippen LogP contribution is 2.27.